The van der Waals surface area contributed by atoms with E-state index in [4.69, 9.17) is 9.47 Å². The van der Waals surface area contributed by atoms with Crippen LogP contribution in [0.5, 0.6) is 0 Å². The lowest BCUT2D eigenvalue weighted by atomic mass is 10.0. The Morgan fingerprint density at radius 2 is 1.92 bits per heavy atom. The number of aromatic amines is 1. The number of nitrogens with zero attached hydrogens (tertiary/aromatic N) is 5. The molecule has 1 fully saturated rings. The van der Waals surface area contributed by atoms with E-state index in [0.717, 1.165) is 22.4 Å². The van der Waals surface area contributed by atoms with E-state index in [1.807, 2.05) is 30.5 Å². The fourth-order valence-corrected chi connectivity index (χ4v) is 4.07. The number of carbonyl (C=O) groups is 1. The Morgan fingerprint density at radius 3 is 2.61 bits per heavy atom. The zero-order chi connectivity index (χ0) is 25.1. The third-order valence-electron chi connectivity index (χ3n) is 5.53. The van der Waals surface area contributed by atoms with Crippen LogP contribution in [0, 0.1) is 0 Å². The largest absolute Gasteiger partial charge is 0.465 e. The van der Waals surface area contributed by atoms with Gasteiger partial charge in [0.1, 0.15) is 11.5 Å². The first-order chi connectivity index (χ1) is 17.5. The molecular weight excluding hydrogens is 458 g/mol. The van der Waals surface area contributed by atoms with Crippen LogP contribution in [0.4, 0.5) is 10.7 Å². The molecule has 0 spiro atoms. The van der Waals surface area contributed by atoms with Gasteiger partial charge < -0.3 is 14.5 Å². The number of imidazole rings is 1. The number of anilines is 1. The van der Waals surface area contributed by atoms with Crippen molar-refractivity contribution in [2.45, 2.75) is 13.5 Å². The van der Waals surface area contributed by atoms with Gasteiger partial charge in [-0.15, -0.1) is 0 Å². The highest BCUT2D eigenvalue weighted by molar-refractivity contribution is 5.96. The molecular formula is C26H25N7O3. The number of hydrogen-bond acceptors (Lipinski definition) is 8. The lowest BCUT2D eigenvalue weighted by Crippen LogP contribution is -2.33. The molecule has 5 rings (SSSR count). The van der Waals surface area contributed by atoms with Crippen molar-refractivity contribution in [3.63, 3.8) is 0 Å². The molecule has 0 saturated carbocycles. The molecule has 4 heterocycles. The highest BCUT2D eigenvalue weighted by atomic mass is 16.5. The molecule has 10 heteroatoms. The maximum atomic E-state index is 11.9. The quantitative estimate of drug-likeness (QED) is 0.411. The number of pyridine rings is 1. The number of morpholine rings is 1. The lowest BCUT2D eigenvalue weighted by Gasteiger charge is -2.29. The van der Waals surface area contributed by atoms with E-state index in [1.165, 1.54) is 0 Å². The number of ether oxygens (including phenoxy) is 2. The van der Waals surface area contributed by atoms with Crippen molar-refractivity contribution in [3.8, 4) is 22.5 Å². The van der Waals surface area contributed by atoms with E-state index in [1.54, 1.807) is 25.4 Å². The molecule has 1 amide bonds. The third kappa shape index (κ3) is 5.08. The van der Waals surface area contributed by atoms with Gasteiger partial charge in [0.25, 0.3) is 0 Å². The van der Waals surface area contributed by atoms with Crippen molar-refractivity contribution in [3.05, 3.63) is 79.3 Å². The number of hydrogen-bond donors (Lipinski definition) is 2. The van der Waals surface area contributed by atoms with Crippen LogP contribution in [0.3, 0.4) is 0 Å². The number of benzene rings is 1. The predicted octanol–water partition coefficient (Wildman–Crippen LogP) is 4.51. The summed E-state index contributed by atoms with van der Waals surface area (Å²) < 4.78 is 10.4. The molecule has 1 aliphatic heterocycles. The summed E-state index contributed by atoms with van der Waals surface area (Å²) >= 11 is 0. The summed E-state index contributed by atoms with van der Waals surface area (Å²) in [6.07, 6.45) is 4.61. The van der Waals surface area contributed by atoms with E-state index in [2.05, 4.69) is 48.3 Å². The van der Waals surface area contributed by atoms with Crippen LogP contribution in [0.25, 0.3) is 33.5 Å². The van der Waals surface area contributed by atoms with Crippen LogP contribution < -0.4 is 5.32 Å². The Labute approximate surface area is 207 Å². The zero-order valence-corrected chi connectivity index (χ0v) is 19.8. The van der Waals surface area contributed by atoms with E-state index < -0.39 is 6.09 Å². The molecule has 4 aromatic rings. The number of rotatable bonds is 6. The van der Waals surface area contributed by atoms with Gasteiger partial charge in [-0.2, -0.15) is 0 Å². The number of carbonyl (C=O) groups excluding carboxylic acids is 1. The number of fused-ring (bicyclic) bond motifs is 1. The molecule has 3 aromatic heterocycles. The van der Waals surface area contributed by atoms with E-state index in [-0.39, 0.29) is 12.6 Å². The van der Waals surface area contributed by atoms with E-state index in [0.29, 0.717) is 48.0 Å². The highest BCUT2D eigenvalue weighted by Gasteiger charge is 2.18. The molecule has 1 aliphatic rings. The summed E-state index contributed by atoms with van der Waals surface area (Å²) in [6, 6.07) is 9.69. The Kier molecular flexibility index (Phi) is 6.42. The van der Waals surface area contributed by atoms with Gasteiger partial charge in [0.2, 0.25) is 5.95 Å². The van der Waals surface area contributed by atoms with Gasteiger partial charge in [-0.05, 0) is 36.8 Å². The maximum absolute atomic E-state index is 11.9. The monoisotopic (exact) mass is 483 g/mol. The van der Waals surface area contributed by atoms with Crippen molar-refractivity contribution in [1.82, 2.24) is 29.8 Å². The standard InChI is InChI=1S/C26H25N7O3/c1-4-35-26(34)32-25-30-22-11-19(10-21(23(22)31-25)24-27-8-5-9-28-24)18-6-7-20(29-12-18)15-33-13-16(2)36-17(3)14-33/h5-12H,2-4,13-15H2,1H3,(H2,30,31,32,34). The maximum Gasteiger partial charge on any atom is 0.413 e. The molecule has 1 saturated heterocycles. The second-order valence-corrected chi connectivity index (χ2v) is 8.28. The fraction of sp³-hybridized carbons (Fsp3) is 0.192. The van der Waals surface area contributed by atoms with Crippen LogP contribution in [-0.4, -0.2) is 55.6 Å². The number of nitrogens with one attached hydrogen (secondary N) is 2. The summed E-state index contributed by atoms with van der Waals surface area (Å²) in [7, 11) is 0. The van der Waals surface area contributed by atoms with Crippen LogP contribution >= 0.6 is 0 Å². The molecule has 0 radical (unpaired) electrons. The molecule has 36 heavy (non-hydrogen) atoms. The molecule has 0 aliphatic carbocycles. The normalized spacial score (nSPS) is 14.0. The lowest BCUT2D eigenvalue weighted by molar-refractivity contribution is 0.148. The summed E-state index contributed by atoms with van der Waals surface area (Å²) in [5.41, 5.74) is 4.84. The van der Waals surface area contributed by atoms with Gasteiger partial charge in [-0.3, -0.25) is 15.2 Å². The number of amides is 1. The Balaban J connectivity index is 1.47. The first-order valence-corrected chi connectivity index (χ1v) is 11.4. The summed E-state index contributed by atoms with van der Waals surface area (Å²) in [5.74, 6) is 2.18. The summed E-state index contributed by atoms with van der Waals surface area (Å²) in [4.78, 5) is 35.2. The Morgan fingerprint density at radius 1 is 1.14 bits per heavy atom. The average Bonchev–Trinajstić information content (AvgIpc) is 3.26. The minimum atomic E-state index is -0.582. The molecule has 0 bridgehead atoms. The third-order valence-corrected chi connectivity index (χ3v) is 5.53. The van der Waals surface area contributed by atoms with Gasteiger partial charge in [0.05, 0.1) is 36.4 Å². The minimum Gasteiger partial charge on any atom is -0.465 e. The SMILES string of the molecule is C=C1CN(Cc2ccc(-c3cc(-c4ncccn4)c4[nH]c(NC(=O)OCC)nc4c3)cn2)CC(=C)O1. The summed E-state index contributed by atoms with van der Waals surface area (Å²) in [6.45, 7) is 11.7. The predicted molar refractivity (Wildman–Crippen MR) is 136 cm³/mol. The van der Waals surface area contributed by atoms with Gasteiger partial charge in [-0.25, -0.2) is 19.7 Å². The highest BCUT2D eigenvalue weighted by Crippen LogP contribution is 2.32. The smallest absolute Gasteiger partial charge is 0.413 e. The second kappa shape index (κ2) is 9.96. The van der Waals surface area contributed by atoms with Crippen molar-refractivity contribution in [2.24, 2.45) is 0 Å². The number of aromatic nitrogens is 5. The van der Waals surface area contributed by atoms with E-state index in [9.17, 15) is 4.79 Å². The molecule has 10 nitrogen and oxygen atoms in total. The van der Waals surface area contributed by atoms with Crippen LogP contribution in [0.2, 0.25) is 0 Å². The van der Waals surface area contributed by atoms with Gasteiger partial charge in [0.15, 0.2) is 5.82 Å². The Bertz CT molecular complexity index is 1420. The molecule has 2 N–H and O–H groups in total. The molecule has 1 aromatic carbocycles. The zero-order valence-electron chi connectivity index (χ0n) is 19.8. The van der Waals surface area contributed by atoms with Crippen molar-refractivity contribution in [1.29, 1.82) is 0 Å². The van der Waals surface area contributed by atoms with Gasteiger partial charge in [-0.1, -0.05) is 19.2 Å². The first-order valence-electron chi connectivity index (χ1n) is 11.4. The molecule has 182 valence electrons. The van der Waals surface area contributed by atoms with Crippen LogP contribution in [0.1, 0.15) is 12.6 Å². The average molecular weight is 484 g/mol. The van der Waals surface area contributed by atoms with Gasteiger partial charge in [0, 0.05) is 36.3 Å². The van der Waals surface area contributed by atoms with Crippen LogP contribution in [-0.2, 0) is 16.0 Å². The second-order valence-electron chi connectivity index (χ2n) is 8.28. The van der Waals surface area contributed by atoms with Crippen molar-refractivity contribution < 1.29 is 14.3 Å². The number of H-pyrrole nitrogens is 1. The topological polar surface area (TPSA) is 118 Å². The summed E-state index contributed by atoms with van der Waals surface area (Å²) in [5, 5.41) is 2.62. The van der Waals surface area contributed by atoms with E-state index >= 15 is 0 Å². The molecule has 0 atom stereocenters. The van der Waals surface area contributed by atoms with Crippen molar-refractivity contribution in [2.75, 3.05) is 25.0 Å². The van der Waals surface area contributed by atoms with Crippen LogP contribution in [0.15, 0.2) is 73.6 Å². The fourth-order valence-electron chi connectivity index (χ4n) is 4.07. The van der Waals surface area contributed by atoms with Crippen molar-refractivity contribution >= 4 is 23.1 Å². The Hall–Kier alpha value is -4.57. The molecule has 0 unspecified atom stereocenters. The van der Waals surface area contributed by atoms with Gasteiger partial charge >= 0.3 is 6.09 Å². The minimum absolute atomic E-state index is 0.261. The first kappa shape index (κ1) is 23.2.